The highest BCUT2D eigenvalue weighted by Gasteiger charge is 2.56. The van der Waals surface area contributed by atoms with Gasteiger partial charge < -0.3 is 34.6 Å². The summed E-state index contributed by atoms with van der Waals surface area (Å²) in [5, 5.41) is 43.1. The van der Waals surface area contributed by atoms with Gasteiger partial charge in [0.05, 0.1) is 18.6 Å². The van der Waals surface area contributed by atoms with E-state index in [0.717, 1.165) is 12.0 Å². The van der Waals surface area contributed by atoms with E-state index in [0.29, 0.717) is 11.1 Å². The van der Waals surface area contributed by atoms with Gasteiger partial charge in [0.2, 0.25) is 0 Å². The zero-order valence-corrected chi connectivity index (χ0v) is 20.7. The van der Waals surface area contributed by atoms with Crippen molar-refractivity contribution in [3.63, 3.8) is 0 Å². The van der Waals surface area contributed by atoms with E-state index in [9.17, 15) is 25.2 Å². The van der Waals surface area contributed by atoms with E-state index < -0.39 is 48.2 Å². The molecule has 0 amide bonds. The smallest absolute Gasteiger partial charge is 0.311 e. The topological polar surface area (TPSA) is 126 Å². The van der Waals surface area contributed by atoms with Crippen LogP contribution in [0.15, 0.2) is 48.5 Å². The molecule has 1 saturated heterocycles. The molecule has 8 heteroatoms. The van der Waals surface area contributed by atoms with Crippen LogP contribution in [-0.4, -0.2) is 57.6 Å². The van der Waals surface area contributed by atoms with Gasteiger partial charge in [-0.3, -0.25) is 4.79 Å². The summed E-state index contributed by atoms with van der Waals surface area (Å²) in [6.45, 7) is 6.31. The molecule has 4 N–H and O–H groups in total. The van der Waals surface area contributed by atoms with Crippen LogP contribution in [0.25, 0.3) is 0 Å². The fourth-order valence-corrected chi connectivity index (χ4v) is 4.10. The minimum absolute atomic E-state index is 0.0814. The molecule has 0 unspecified atom stereocenters. The van der Waals surface area contributed by atoms with Gasteiger partial charge in [0.25, 0.3) is 0 Å². The third-order valence-electron chi connectivity index (χ3n) is 6.30. The van der Waals surface area contributed by atoms with Crippen LogP contribution in [0.4, 0.5) is 0 Å². The molecule has 1 aliphatic heterocycles. The SMILES string of the molecule is CCc1ccc(CO[C@@H]2[C@@H](O)[C@H](O)[C@](COC(=O)C(C)(C)C)(c3ccccc3CO)O[C@H]2O)cc1. The molecule has 2 aromatic carbocycles. The summed E-state index contributed by atoms with van der Waals surface area (Å²) >= 11 is 0. The van der Waals surface area contributed by atoms with E-state index in [1.807, 2.05) is 24.3 Å². The van der Waals surface area contributed by atoms with Crippen LogP contribution in [0.1, 0.15) is 49.9 Å². The summed E-state index contributed by atoms with van der Waals surface area (Å²) in [6, 6.07) is 14.3. The van der Waals surface area contributed by atoms with Gasteiger partial charge in [0.15, 0.2) is 11.9 Å². The van der Waals surface area contributed by atoms with Gasteiger partial charge in [-0.05, 0) is 49.4 Å². The number of rotatable bonds is 8. The number of carbonyl (C=O) groups is 1. The molecule has 0 aromatic heterocycles. The molecule has 0 saturated carbocycles. The minimum Gasteiger partial charge on any atom is -0.462 e. The van der Waals surface area contributed by atoms with Gasteiger partial charge in [-0.25, -0.2) is 0 Å². The number of hydrogen-bond donors (Lipinski definition) is 4. The van der Waals surface area contributed by atoms with Crippen molar-refractivity contribution in [3.8, 4) is 0 Å². The first-order valence-corrected chi connectivity index (χ1v) is 11.8. The number of carbonyl (C=O) groups excluding carboxylic acids is 1. The van der Waals surface area contributed by atoms with Gasteiger partial charge >= 0.3 is 5.97 Å². The summed E-state index contributed by atoms with van der Waals surface area (Å²) < 4.78 is 17.2. The van der Waals surface area contributed by atoms with Crippen LogP contribution in [0, 0.1) is 5.41 Å². The van der Waals surface area contributed by atoms with Crippen molar-refractivity contribution in [2.45, 2.75) is 77.5 Å². The average Bonchev–Trinajstić information content (AvgIpc) is 2.85. The number of aryl methyl sites for hydroxylation is 1. The van der Waals surface area contributed by atoms with Crippen LogP contribution in [0.3, 0.4) is 0 Å². The lowest BCUT2D eigenvalue weighted by Gasteiger charge is -2.49. The Morgan fingerprint density at radius 1 is 1.03 bits per heavy atom. The zero-order valence-electron chi connectivity index (χ0n) is 20.7. The molecule has 5 atom stereocenters. The number of benzene rings is 2. The van der Waals surface area contributed by atoms with E-state index in [1.165, 1.54) is 5.56 Å². The second kappa shape index (κ2) is 11.2. The van der Waals surface area contributed by atoms with Crippen molar-refractivity contribution in [2.24, 2.45) is 5.41 Å². The Kier molecular flexibility index (Phi) is 8.69. The molecule has 8 nitrogen and oxygen atoms in total. The molecule has 1 aliphatic rings. The second-order valence-electron chi connectivity index (χ2n) is 9.92. The molecule has 0 spiro atoms. The summed E-state index contributed by atoms with van der Waals surface area (Å²) in [4.78, 5) is 12.5. The normalized spacial score (nSPS) is 27.0. The van der Waals surface area contributed by atoms with Crippen molar-refractivity contribution in [3.05, 3.63) is 70.8 Å². The quantitative estimate of drug-likeness (QED) is 0.417. The van der Waals surface area contributed by atoms with E-state index in [-0.39, 0.29) is 13.2 Å². The molecular formula is C27H36O8. The van der Waals surface area contributed by atoms with Crippen LogP contribution in [0.5, 0.6) is 0 Å². The summed E-state index contributed by atoms with van der Waals surface area (Å²) in [5.74, 6) is -0.549. The van der Waals surface area contributed by atoms with Gasteiger partial charge in [-0.15, -0.1) is 0 Å². The summed E-state index contributed by atoms with van der Waals surface area (Å²) in [7, 11) is 0. The summed E-state index contributed by atoms with van der Waals surface area (Å²) in [6.07, 6.45) is -5.22. The van der Waals surface area contributed by atoms with Crippen LogP contribution in [-0.2, 0) is 44.2 Å². The van der Waals surface area contributed by atoms with Gasteiger partial charge in [-0.1, -0.05) is 55.5 Å². The highest BCUT2D eigenvalue weighted by atomic mass is 16.7. The van der Waals surface area contributed by atoms with E-state index >= 15 is 0 Å². The second-order valence-corrected chi connectivity index (χ2v) is 9.92. The van der Waals surface area contributed by atoms with Crippen LogP contribution < -0.4 is 0 Å². The maximum atomic E-state index is 12.5. The predicted octanol–water partition coefficient (Wildman–Crippen LogP) is 2.18. The fraction of sp³-hybridized carbons (Fsp3) is 0.519. The number of esters is 1. The molecule has 0 radical (unpaired) electrons. The largest absolute Gasteiger partial charge is 0.462 e. The highest BCUT2D eigenvalue weighted by molar-refractivity contribution is 5.75. The molecule has 1 heterocycles. The Hall–Kier alpha value is -2.33. The van der Waals surface area contributed by atoms with E-state index in [1.54, 1.807) is 45.0 Å². The minimum atomic E-state index is -1.83. The average molecular weight is 489 g/mol. The Balaban J connectivity index is 1.88. The van der Waals surface area contributed by atoms with Gasteiger partial charge in [0, 0.05) is 0 Å². The van der Waals surface area contributed by atoms with Crippen LogP contribution >= 0.6 is 0 Å². The Labute approximate surface area is 206 Å². The third kappa shape index (κ3) is 5.91. The van der Waals surface area contributed by atoms with E-state index in [4.69, 9.17) is 14.2 Å². The lowest BCUT2D eigenvalue weighted by molar-refractivity contribution is -0.341. The molecular weight excluding hydrogens is 452 g/mol. The lowest BCUT2D eigenvalue weighted by atomic mass is 9.79. The maximum Gasteiger partial charge on any atom is 0.311 e. The summed E-state index contributed by atoms with van der Waals surface area (Å²) in [5.41, 5.74) is 0.0338. The maximum absolute atomic E-state index is 12.5. The Bertz CT molecular complexity index is 983. The first-order chi connectivity index (χ1) is 16.5. The number of aliphatic hydroxyl groups excluding tert-OH is 4. The predicted molar refractivity (Wildman–Crippen MR) is 128 cm³/mol. The van der Waals surface area contributed by atoms with E-state index in [2.05, 4.69) is 6.92 Å². The number of aliphatic hydroxyl groups is 4. The Morgan fingerprint density at radius 2 is 1.66 bits per heavy atom. The number of hydrogen-bond acceptors (Lipinski definition) is 8. The van der Waals surface area contributed by atoms with Crippen molar-refractivity contribution in [1.29, 1.82) is 0 Å². The third-order valence-corrected chi connectivity index (χ3v) is 6.30. The van der Waals surface area contributed by atoms with Crippen molar-refractivity contribution < 1.29 is 39.4 Å². The number of ether oxygens (including phenoxy) is 3. The molecule has 1 fully saturated rings. The molecule has 35 heavy (non-hydrogen) atoms. The molecule has 3 rings (SSSR count). The van der Waals surface area contributed by atoms with Crippen molar-refractivity contribution in [1.82, 2.24) is 0 Å². The first kappa shape index (κ1) is 27.3. The fourth-order valence-electron chi connectivity index (χ4n) is 4.10. The first-order valence-electron chi connectivity index (χ1n) is 11.8. The molecule has 2 aromatic rings. The molecule has 0 bridgehead atoms. The van der Waals surface area contributed by atoms with Crippen molar-refractivity contribution >= 4 is 5.97 Å². The lowest BCUT2D eigenvalue weighted by Crippen LogP contribution is -2.65. The van der Waals surface area contributed by atoms with Gasteiger partial charge in [0.1, 0.15) is 24.9 Å². The monoisotopic (exact) mass is 488 g/mol. The molecule has 0 aliphatic carbocycles. The highest BCUT2D eigenvalue weighted by Crippen LogP contribution is 2.41. The zero-order chi connectivity index (χ0) is 25.8. The molecule has 192 valence electrons. The Morgan fingerprint density at radius 3 is 2.26 bits per heavy atom. The van der Waals surface area contributed by atoms with Crippen LogP contribution in [0.2, 0.25) is 0 Å². The standard InChI is InChI=1S/C27H36O8/c1-5-17-10-12-18(13-11-17)15-33-22-21(29)23(30)27(35-24(22)31,16-34-25(32)26(2,3)4)20-9-7-6-8-19(20)14-28/h6-13,21-24,28-31H,5,14-16H2,1-4H3/t21-,22-,23+,24-,27+/m1/s1. The van der Waals surface area contributed by atoms with Gasteiger partial charge in [-0.2, -0.15) is 0 Å². The van der Waals surface area contributed by atoms with Crippen molar-refractivity contribution in [2.75, 3.05) is 6.61 Å².